The summed E-state index contributed by atoms with van der Waals surface area (Å²) in [4.78, 5) is 1.55. The second kappa shape index (κ2) is 17.6. The van der Waals surface area contributed by atoms with Gasteiger partial charge in [-0.1, -0.05) is 102 Å². The van der Waals surface area contributed by atoms with Crippen molar-refractivity contribution in [2.45, 2.75) is 115 Å². The Kier molecular flexibility index (Phi) is 16.9. The van der Waals surface area contributed by atoms with E-state index < -0.39 is 6.00 Å². The van der Waals surface area contributed by atoms with Crippen molar-refractivity contribution >= 4 is 50.6 Å². The number of rotatable bonds is 19. The summed E-state index contributed by atoms with van der Waals surface area (Å²) in [6, 6.07) is 2.90. The van der Waals surface area contributed by atoms with Gasteiger partial charge in [-0.3, -0.25) is 0 Å². The zero-order valence-corrected chi connectivity index (χ0v) is 21.1. The number of unbranched alkanes of at least 4 members (excludes halogenated alkanes) is 15. The molecule has 0 nitrogen and oxygen atoms in total. The molecule has 0 aromatic carbocycles. The minimum atomic E-state index is -2.36. The maximum Gasteiger partial charge on any atom is 0.341 e. The summed E-state index contributed by atoms with van der Waals surface area (Å²) in [6.07, 6.45) is 23.3. The molecule has 1 aromatic rings. The fourth-order valence-corrected chi connectivity index (χ4v) is 6.16. The van der Waals surface area contributed by atoms with Crippen LogP contribution in [0.5, 0.6) is 0 Å². The van der Waals surface area contributed by atoms with E-state index in [4.69, 9.17) is 33.2 Å². The van der Waals surface area contributed by atoms with Gasteiger partial charge < -0.3 is 0 Å². The zero-order valence-electron chi connectivity index (χ0n) is 17.0. The van der Waals surface area contributed by atoms with Gasteiger partial charge in [-0.05, 0) is 30.3 Å². The van der Waals surface area contributed by atoms with E-state index in [1.165, 1.54) is 103 Å². The van der Waals surface area contributed by atoms with Crippen LogP contribution in [0.2, 0.25) is 6.04 Å². The number of hydrogen-bond acceptors (Lipinski definition) is 1. The van der Waals surface area contributed by atoms with Crippen molar-refractivity contribution in [3.05, 3.63) is 22.4 Å². The Hall–Kier alpha value is 0.787. The molecule has 5 heteroatoms. The Labute approximate surface area is 187 Å². The Balaban J connectivity index is 1.67. The monoisotopic (exact) mass is 468 g/mol. The fraction of sp³-hybridized carbons (Fsp3) is 0.818. The minimum Gasteiger partial charge on any atom is -0.149 e. The first-order valence-corrected chi connectivity index (χ1v) is 17.3. The molecule has 0 aliphatic heterocycles. The summed E-state index contributed by atoms with van der Waals surface area (Å²) < 4.78 is 0. The van der Waals surface area contributed by atoms with E-state index in [2.05, 4.69) is 17.5 Å². The van der Waals surface area contributed by atoms with Crippen molar-refractivity contribution in [2.24, 2.45) is 0 Å². The molecule has 0 saturated carbocycles. The van der Waals surface area contributed by atoms with Gasteiger partial charge in [0.05, 0.1) is 0 Å². The fourth-order valence-electron chi connectivity index (χ4n) is 3.55. The van der Waals surface area contributed by atoms with Gasteiger partial charge in [-0.25, -0.2) is 0 Å². The molecule has 0 bridgehead atoms. The van der Waals surface area contributed by atoms with Crippen molar-refractivity contribution in [1.29, 1.82) is 0 Å². The molecular formula is C22H39Cl3SSi. The van der Waals surface area contributed by atoms with Crippen molar-refractivity contribution in [3.63, 3.8) is 0 Å². The lowest BCUT2D eigenvalue weighted by molar-refractivity contribution is 0.529. The molecule has 1 heterocycles. The van der Waals surface area contributed by atoms with Gasteiger partial charge in [0.15, 0.2) is 0 Å². The van der Waals surface area contributed by atoms with Crippen LogP contribution in [0.1, 0.15) is 108 Å². The first-order valence-electron chi connectivity index (χ1n) is 11.2. The standard InChI is InChI=1S/C22H39Cl3SSi/c23-27(24,25)21-16-14-12-10-8-6-4-2-1-3-5-7-9-11-13-15-18-22-19-17-20-26-22/h17,19-20H,1-16,18,21H2. The van der Waals surface area contributed by atoms with Gasteiger partial charge in [0.25, 0.3) is 0 Å². The molecule has 0 radical (unpaired) electrons. The minimum absolute atomic E-state index is 0.826. The summed E-state index contributed by atoms with van der Waals surface area (Å²) in [6.45, 7) is 0. The van der Waals surface area contributed by atoms with E-state index in [0.29, 0.717) is 0 Å². The average molecular weight is 470 g/mol. The van der Waals surface area contributed by atoms with Gasteiger partial charge >= 0.3 is 6.00 Å². The van der Waals surface area contributed by atoms with Crippen LogP contribution in [-0.2, 0) is 6.42 Å². The van der Waals surface area contributed by atoms with Crippen LogP contribution in [0, 0.1) is 0 Å². The molecule has 158 valence electrons. The normalized spacial score (nSPS) is 12.0. The lowest BCUT2D eigenvalue weighted by Crippen LogP contribution is -2.07. The zero-order chi connectivity index (χ0) is 19.6. The predicted octanol–water partition coefficient (Wildman–Crippen LogP) is 10.2. The molecule has 0 N–H and O–H groups in total. The highest BCUT2D eigenvalue weighted by molar-refractivity contribution is 7.64. The molecule has 0 aliphatic carbocycles. The SMILES string of the molecule is Cl[Si](Cl)(Cl)CCCCCCCCCCCCCCCCCCc1cccs1. The first kappa shape index (κ1) is 25.8. The lowest BCUT2D eigenvalue weighted by Gasteiger charge is -2.07. The Morgan fingerprint density at radius 2 is 1.00 bits per heavy atom. The van der Waals surface area contributed by atoms with Crippen LogP contribution in [0.4, 0.5) is 0 Å². The first-order chi connectivity index (χ1) is 13.1. The second-order valence-corrected chi connectivity index (χ2v) is 18.2. The molecule has 0 saturated heterocycles. The second-order valence-electron chi connectivity index (χ2n) is 7.85. The van der Waals surface area contributed by atoms with E-state index in [1.54, 1.807) is 4.88 Å². The molecule has 0 amide bonds. The molecule has 27 heavy (non-hydrogen) atoms. The lowest BCUT2D eigenvalue weighted by atomic mass is 10.0. The molecule has 0 aliphatic rings. The van der Waals surface area contributed by atoms with E-state index in [9.17, 15) is 0 Å². The number of halogens is 3. The van der Waals surface area contributed by atoms with Gasteiger partial charge in [-0.15, -0.1) is 44.6 Å². The third kappa shape index (κ3) is 18.5. The van der Waals surface area contributed by atoms with Gasteiger partial charge in [-0.2, -0.15) is 0 Å². The highest BCUT2D eigenvalue weighted by Crippen LogP contribution is 2.27. The highest BCUT2D eigenvalue weighted by Gasteiger charge is 2.23. The van der Waals surface area contributed by atoms with Crippen LogP contribution in [0.25, 0.3) is 0 Å². The largest absolute Gasteiger partial charge is 0.341 e. The summed E-state index contributed by atoms with van der Waals surface area (Å²) in [5, 5.41) is 2.19. The van der Waals surface area contributed by atoms with Crippen molar-refractivity contribution < 1.29 is 0 Å². The molecule has 0 atom stereocenters. The Morgan fingerprint density at radius 3 is 1.37 bits per heavy atom. The van der Waals surface area contributed by atoms with E-state index >= 15 is 0 Å². The van der Waals surface area contributed by atoms with Crippen molar-refractivity contribution in [1.82, 2.24) is 0 Å². The third-order valence-corrected chi connectivity index (χ3v) is 8.77. The quantitative estimate of drug-likeness (QED) is 0.107. The topological polar surface area (TPSA) is 0 Å². The molecule has 1 rings (SSSR count). The summed E-state index contributed by atoms with van der Waals surface area (Å²) in [5.74, 6) is 0. The van der Waals surface area contributed by atoms with Crippen LogP contribution in [0.3, 0.4) is 0 Å². The number of hydrogen-bond donors (Lipinski definition) is 0. The average Bonchev–Trinajstić information content (AvgIpc) is 3.13. The summed E-state index contributed by atoms with van der Waals surface area (Å²) >= 11 is 19.6. The van der Waals surface area contributed by atoms with Gasteiger partial charge in [0.2, 0.25) is 0 Å². The molecule has 0 fully saturated rings. The molecule has 1 aromatic heterocycles. The van der Waals surface area contributed by atoms with Gasteiger partial charge in [0.1, 0.15) is 0 Å². The predicted molar refractivity (Wildman–Crippen MR) is 130 cm³/mol. The summed E-state index contributed by atoms with van der Waals surface area (Å²) in [5.41, 5.74) is 0. The van der Waals surface area contributed by atoms with Crippen LogP contribution in [0.15, 0.2) is 17.5 Å². The number of aryl methyl sites for hydroxylation is 1. The Bertz CT molecular complexity index is 418. The van der Waals surface area contributed by atoms with Crippen LogP contribution < -0.4 is 0 Å². The van der Waals surface area contributed by atoms with Crippen molar-refractivity contribution in [2.75, 3.05) is 0 Å². The molecule has 0 spiro atoms. The van der Waals surface area contributed by atoms with Crippen molar-refractivity contribution in [3.8, 4) is 0 Å². The maximum absolute atomic E-state index is 5.89. The molecule has 0 unspecified atom stereocenters. The third-order valence-electron chi connectivity index (χ3n) is 5.21. The van der Waals surface area contributed by atoms with Crippen LogP contribution in [-0.4, -0.2) is 6.00 Å². The van der Waals surface area contributed by atoms with E-state index in [-0.39, 0.29) is 0 Å². The summed E-state index contributed by atoms with van der Waals surface area (Å²) in [7, 11) is 0. The van der Waals surface area contributed by atoms with E-state index in [0.717, 1.165) is 12.5 Å². The maximum atomic E-state index is 5.89. The number of thiophene rings is 1. The highest BCUT2D eigenvalue weighted by atomic mass is 35.8. The smallest absolute Gasteiger partial charge is 0.149 e. The molecular weight excluding hydrogens is 431 g/mol. The van der Waals surface area contributed by atoms with Crippen LogP contribution >= 0.6 is 44.6 Å². The van der Waals surface area contributed by atoms with E-state index in [1.807, 2.05) is 11.3 Å². The van der Waals surface area contributed by atoms with Gasteiger partial charge in [0, 0.05) is 4.88 Å². The Morgan fingerprint density at radius 1 is 0.593 bits per heavy atom.